The van der Waals surface area contributed by atoms with Crippen LogP contribution in [0.1, 0.15) is 51.5 Å². The number of hydrogen-bond donors (Lipinski definition) is 3. The van der Waals surface area contributed by atoms with Crippen LogP contribution in [0.15, 0.2) is 35.3 Å². The van der Waals surface area contributed by atoms with Gasteiger partial charge >= 0.3 is 0 Å². The summed E-state index contributed by atoms with van der Waals surface area (Å²) in [4.78, 5) is 7.22. The second-order valence-corrected chi connectivity index (χ2v) is 7.97. The van der Waals surface area contributed by atoms with E-state index in [1.165, 1.54) is 5.56 Å². The van der Waals surface area contributed by atoms with Gasteiger partial charge in [0.1, 0.15) is 0 Å². The number of likely N-dealkylation sites (tertiary alicyclic amines) is 1. The van der Waals surface area contributed by atoms with E-state index in [0.29, 0.717) is 18.6 Å². The zero-order chi connectivity index (χ0) is 18.4. The summed E-state index contributed by atoms with van der Waals surface area (Å²) in [7, 11) is 0. The van der Waals surface area contributed by atoms with Crippen molar-refractivity contribution in [1.29, 1.82) is 0 Å². The summed E-state index contributed by atoms with van der Waals surface area (Å²) in [6.07, 6.45) is 5.10. The Kier molecular flexibility index (Phi) is 6.54. The second kappa shape index (κ2) is 8.87. The van der Waals surface area contributed by atoms with E-state index in [9.17, 15) is 5.11 Å². The average molecular weight is 359 g/mol. The first kappa shape index (κ1) is 19.2. The molecular weight excluding hydrogens is 324 g/mol. The van der Waals surface area contributed by atoms with E-state index < -0.39 is 5.60 Å². The molecular formula is C21H34N4O. The Morgan fingerprint density at radius 3 is 2.69 bits per heavy atom. The molecule has 5 nitrogen and oxygen atoms in total. The van der Waals surface area contributed by atoms with Crippen molar-refractivity contribution in [3.8, 4) is 0 Å². The van der Waals surface area contributed by atoms with Gasteiger partial charge in [-0.05, 0) is 38.7 Å². The van der Waals surface area contributed by atoms with Crippen LogP contribution in [0.5, 0.6) is 0 Å². The highest BCUT2D eigenvalue weighted by molar-refractivity contribution is 5.80. The van der Waals surface area contributed by atoms with Crippen LogP contribution in [-0.2, 0) is 6.54 Å². The van der Waals surface area contributed by atoms with Crippen molar-refractivity contribution in [3.63, 3.8) is 0 Å². The van der Waals surface area contributed by atoms with Gasteiger partial charge in [0.15, 0.2) is 5.96 Å². The maximum atomic E-state index is 10.5. The molecule has 1 aromatic rings. The monoisotopic (exact) mass is 358 g/mol. The lowest BCUT2D eigenvalue weighted by Crippen LogP contribution is -2.45. The quantitative estimate of drug-likeness (QED) is 0.540. The van der Waals surface area contributed by atoms with Crippen LogP contribution < -0.4 is 10.6 Å². The van der Waals surface area contributed by atoms with E-state index in [1.807, 2.05) is 0 Å². The van der Waals surface area contributed by atoms with E-state index in [-0.39, 0.29) is 0 Å². The number of guanidine groups is 1. The van der Waals surface area contributed by atoms with Crippen molar-refractivity contribution in [2.45, 2.75) is 70.2 Å². The Hall–Kier alpha value is -1.59. The largest absolute Gasteiger partial charge is 0.388 e. The Morgan fingerprint density at radius 1 is 1.27 bits per heavy atom. The smallest absolute Gasteiger partial charge is 0.191 e. The highest BCUT2D eigenvalue weighted by atomic mass is 16.3. The number of aliphatic hydroxyl groups is 1. The minimum atomic E-state index is -0.593. The van der Waals surface area contributed by atoms with E-state index in [4.69, 9.17) is 4.99 Å². The van der Waals surface area contributed by atoms with Crippen molar-refractivity contribution in [2.24, 2.45) is 4.99 Å². The van der Waals surface area contributed by atoms with Gasteiger partial charge in [0, 0.05) is 31.7 Å². The maximum Gasteiger partial charge on any atom is 0.191 e. The van der Waals surface area contributed by atoms with Crippen molar-refractivity contribution >= 4 is 5.96 Å². The lowest BCUT2D eigenvalue weighted by Gasteiger charge is -2.22. The predicted molar refractivity (Wildman–Crippen MR) is 107 cm³/mol. The van der Waals surface area contributed by atoms with Crippen molar-refractivity contribution < 1.29 is 5.11 Å². The molecule has 0 bridgehead atoms. The number of hydrogen-bond acceptors (Lipinski definition) is 3. The molecule has 2 aliphatic rings. The molecule has 0 aromatic heterocycles. The molecule has 0 amide bonds. The topological polar surface area (TPSA) is 59.9 Å². The van der Waals surface area contributed by atoms with Crippen molar-refractivity contribution in [1.82, 2.24) is 15.5 Å². The molecule has 3 N–H and O–H groups in total. The van der Waals surface area contributed by atoms with Crippen LogP contribution in [0.4, 0.5) is 0 Å². The first-order valence-corrected chi connectivity index (χ1v) is 10.1. The summed E-state index contributed by atoms with van der Waals surface area (Å²) in [5.41, 5.74) is 0.772. The average Bonchev–Trinajstić information content (AvgIpc) is 3.21. The van der Waals surface area contributed by atoms with Crippen LogP contribution in [0, 0.1) is 0 Å². The van der Waals surface area contributed by atoms with Gasteiger partial charge in [-0.25, -0.2) is 0 Å². The van der Waals surface area contributed by atoms with Crippen LogP contribution in [0.25, 0.3) is 0 Å². The highest BCUT2D eigenvalue weighted by Crippen LogP contribution is 2.29. The minimum absolute atomic E-state index is 0.393. The number of aliphatic imine (C=N–C) groups is 1. The fourth-order valence-corrected chi connectivity index (χ4v) is 4.17. The lowest BCUT2D eigenvalue weighted by molar-refractivity contribution is 0.0574. The maximum absolute atomic E-state index is 10.5. The highest BCUT2D eigenvalue weighted by Gasteiger charge is 2.32. The molecule has 1 aliphatic carbocycles. The van der Waals surface area contributed by atoms with E-state index in [2.05, 4.69) is 59.7 Å². The fraction of sp³-hybridized carbons (Fsp3) is 0.667. The zero-order valence-electron chi connectivity index (χ0n) is 16.2. The molecule has 1 aliphatic heterocycles. The molecule has 1 saturated heterocycles. The van der Waals surface area contributed by atoms with Gasteiger partial charge in [-0.15, -0.1) is 0 Å². The van der Waals surface area contributed by atoms with Crippen LogP contribution >= 0.6 is 0 Å². The molecule has 2 fully saturated rings. The summed E-state index contributed by atoms with van der Waals surface area (Å²) in [5.74, 6) is 0.839. The van der Waals surface area contributed by atoms with Crippen LogP contribution in [-0.4, -0.2) is 53.3 Å². The van der Waals surface area contributed by atoms with E-state index >= 15 is 0 Å². The molecule has 144 valence electrons. The number of rotatable bonds is 6. The molecule has 2 unspecified atom stereocenters. The summed E-state index contributed by atoms with van der Waals surface area (Å²) >= 11 is 0. The third-order valence-corrected chi connectivity index (χ3v) is 5.68. The van der Waals surface area contributed by atoms with Gasteiger partial charge in [-0.1, -0.05) is 43.2 Å². The zero-order valence-corrected chi connectivity index (χ0v) is 16.2. The third kappa shape index (κ3) is 5.21. The Morgan fingerprint density at radius 2 is 2.00 bits per heavy atom. The van der Waals surface area contributed by atoms with Crippen molar-refractivity contribution in [3.05, 3.63) is 35.9 Å². The van der Waals surface area contributed by atoms with Gasteiger partial charge < -0.3 is 15.7 Å². The standard InChI is InChI=1S/C21H34N4O/c1-3-22-20(23-16-21(26)11-7-8-12-21)24-19-13-17(2)25(15-19)14-18-9-5-4-6-10-18/h4-6,9-10,17,19,26H,3,7-8,11-16H2,1-2H3,(H2,22,23,24). The number of nitrogens with one attached hydrogen (secondary N) is 2. The SMILES string of the molecule is CCNC(=NCC1(O)CCCC1)NC1CC(C)N(Cc2ccccc2)C1. The molecule has 0 radical (unpaired) electrons. The van der Waals surface area contributed by atoms with E-state index in [1.54, 1.807) is 0 Å². The van der Waals surface area contributed by atoms with Crippen LogP contribution in [0.3, 0.4) is 0 Å². The van der Waals surface area contributed by atoms with Gasteiger partial charge in [0.25, 0.3) is 0 Å². The van der Waals surface area contributed by atoms with Gasteiger partial charge in [0.05, 0.1) is 12.1 Å². The van der Waals surface area contributed by atoms with Crippen molar-refractivity contribution in [2.75, 3.05) is 19.6 Å². The second-order valence-electron chi connectivity index (χ2n) is 7.97. The number of benzene rings is 1. The first-order valence-electron chi connectivity index (χ1n) is 10.1. The Balaban J connectivity index is 1.55. The molecule has 26 heavy (non-hydrogen) atoms. The fourth-order valence-electron chi connectivity index (χ4n) is 4.17. The lowest BCUT2D eigenvalue weighted by atomic mass is 10.0. The molecule has 3 rings (SSSR count). The molecule has 5 heteroatoms. The Bertz CT molecular complexity index is 583. The predicted octanol–water partition coefficient (Wildman–Crippen LogP) is 2.51. The summed E-state index contributed by atoms with van der Waals surface area (Å²) in [6, 6.07) is 11.6. The minimum Gasteiger partial charge on any atom is -0.388 e. The van der Waals surface area contributed by atoms with Gasteiger partial charge in [-0.3, -0.25) is 9.89 Å². The number of nitrogens with zero attached hydrogens (tertiary/aromatic N) is 2. The summed E-state index contributed by atoms with van der Waals surface area (Å²) < 4.78 is 0. The molecule has 1 heterocycles. The normalized spacial score (nSPS) is 26.2. The van der Waals surface area contributed by atoms with Crippen LogP contribution in [0.2, 0.25) is 0 Å². The molecule has 1 aromatic carbocycles. The Labute approximate surface area is 157 Å². The third-order valence-electron chi connectivity index (χ3n) is 5.68. The molecule has 2 atom stereocenters. The van der Waals surface area contributed by atoms with E-state index in [0.717, 1.165) is 57.7 Å². The summed E-state index contributed by atoms with van der Waals surface area (Å²) in [6.45, 7) is 7.73. The van der Waals surface area contributed by atoms with Gasteiger partial charge in [-0.2, -0.15) is 0 Å². The first-order chi connectivity index (χ1) is 12.6. The molecule has 1 saturated carbocycles. The van der Waals surface area contributed by atoms with Gasteiger partial charge in [0.2, 0.25) is 0 Å². The summed E-state index contributed by atoms with van der Waals surface area (Å²) in [5, 5.41) is 17.5. The molecule has 0 spiro atoms.